The standard InChI is InChI=1S/C9H4BrCl2FO2/c1-4(13)9(14)15-8-6(11)2-5(10)3-7(8)12/h2-3H,1H2. The van der Waals surface area contributed by atoms with Crippen LogP contribution in [0.1, 0.15) is 0 Å². The molecule has 0 aliphatic heterocycles. The maximum absolute atomic E-state index is 12.4. The van der Waals surface area contributed by atoms with Crippen molar-refractivity contribution in [3.05, 3.63) is 39.1 Å². The van der Waals surface area contributed by atoms with Crippen LogP contribution in [-0.2, 0) is 4.79 Å². The van der Waals surface area contributed by atoms with Crippen molar-refractivity contribution in [1.29, 1.82) is 0 Å². The summed E-state index contributed by atoms with van der Waals surface area (Å²) in [6.45, 7) is 2.79. The Kier molecular flexibility index (Phi) is 4.13. The van der Waals surface area contributed by atoms with E-state index in [4.69, 9.17) is 23.2 Å². The van der Waals surface area contributed by atoms with E-state index < -0.39 is 11.8 Å². The van der Waals surface area contributed by atoms with Crippen molar-refractivity contribution in [1.82, 2.24) is 0 Å². The first-order valence-corrected chi connectivity index (χ1v) is 5.18. The Hall–Kier alpha value is -0.580. The second kappa shape index (κ2) is 4.96. The average Bonchev–Trinajstić information content (AvgIpc) is 2.10. The zero-order valence-electron chi connectivity index (χ0n) is 7.19. The Morgan fingerprint density at radius 1 is 1.40 bits per heavy atom. The molecule has 0 atom stereocenters. The molecular formula is C9H4BrCl2FO2. The van der Waals surface area contributed by atoms with Gasteiger partial charge in [-0.3, -0.25) is 0 Å². The Bertz CT molecular complexity index is 411. The maximum atomic E-state index is 12.4. The van der Waals surface area contributed by atoms with Crippen molar-refractivity contribution in [2.24, 2.45) is 0 Å². The highest BCUT2D eigenvalue weighted by molar-refractivity contribution is 9.10. The smallest absolute Gasteiger partial charge is 0.372 e. The van der Waals surface area contributed by atoms with E-state index in [0.717, 1.165) is 0 Å². The van der Waals surface area contributed by atoms with E-state index in [2.05, 4.69) is 27.2 Å². The fraction of sp³-hybridized carbons (Fsp3) is 0. The van der Waals surface area contributed by atoms with Gasteiger partial charge in [0.15, 0.2) is 5.75 Å². The average molecular weight is 314 g/mol. The van der Waals surface area contributed by atoms with E-state index in [9.17, 15) is 9.18 Å². The molecule has 0 N–H and O–H groups in total. The zero-order valence-corrected chi connectivity index (χ0v) is 10.3. The summed E-state index contributed by atoms with van der Waals surface area (Å²) in [6, 6.07) is 2.94. The molecule has 0 aliphatic rings. The van der Waals surface area contributed by atoms with Gasteiger partial charge in [0, 0.05) is 4.47 Å². The van der Waals surface area contributed by atoms with Crippen LogP contribution in [0, 0.1) is 0 Å². The summed E-state index contributed by atoms with van der Waals surface area (Å²) in [4.78, 5) is 10.9. The van der Waals surface area contributed by atoms with Crippen LogP contribution in [0.3, 0.4) is 0 Å². The molecule has 0 bridgehead atoms. The number of hydrogen-bond donors (Lipinski definition) is 0. The van der Waals surface area contributed by atoms with Gasteiger partial charge in [0.25, 0.3) is 0 Å². The van der Waals surface area contributed by atoms with Crippen molar-refractivity contribution >= 4 is 45.1 Å². The molecule has 80 valence electrons. The minimum atomic E-state index is -1.22. The zero-order chi connectivity index (χ0) is 11.6. The Morgan fingerprint density at radius 3 is 2.27 bits per heavy atom. The quantitative estimate of drug-likeness (QED) is 0.466. The van der Waals surface area contributed by atoms with Gasteiger partial charge in [-0.15, -0.1) is 0 Å². The third-order valence-corrected chi connectivity index (χ3v) is 2.40. The second-order valence-corrected chi connectivity index (χ2v) is 4.22. The van der Waals surface area contributed by atoms with Crippen LogP contribution >= 0.6 is 39.1 Å². The van der Waals surface area contributed by atoms with Gasteiger partial charge in [0.05, 0.1) is 10.0 Å². The molecule has 0 heterocycles. The van der Waals surface area contributed by atoms with Gasteiger partial charge in [0.1, 0.15) is 0 Å². The van der Waals surface area contributed by atoms with E-state index >= 15 is 0 Å². The molecule has 1 aromatic rings. The number of esters is 1. The van der Waals surface area contributed by atoms with Crippen molar-refractivity contribution in [3.63, 3.8) is 0 Å². The monoisotopic (exact) mass is 312 g/mol. The molecule has 0 saturated heterocycles. The highest BCUT2D eigenvalue weighted by atomic mass is 79.9. The lowest BCUT2D eigenvalue weighted by atomic mass is 10.3. The minimum Gasteiger partial charge on any atom is -0.418 e. The van der Waals surface area contributed by atoms with Crippen LogP contribution in [0.2, 0.25) is 10.0 Å². The van der Waals surface area contributed by atoms with Gasteiger partial charge in [-0.25, -0.2) is 4.79 Å². The molecule has 0 aliphatic carbocycles. The highest BCUT2D eigenvalue weighted by Crippen LogP contribution is 2.36. The lowest BCUT2D eigenvalue weighted by Gasteiger charge is -2.07. The van der Waals surface area contributed by atoms with Gasteiger partial charge in [-0.1, -0.05) is 45.7 Å². The first-order chi connectivity index (χ1) is 6.91. The minimum absolute atomic E-state index is 0.0923. The number of carbonyl (C=O) groups is 1. The summed E-state index contributed by atoms with van der Waals surface area (Å²) in [7, 11) is 0. The highest BCUT2D eigenvalue weighted by Gasteiger charge is 2.15. The van der Waals surface area contributed by atoms with E-state index in [-0.39, 0.29) is 15.8 Å². The molecule has 0 radical (unpaired) electrons. The summed E-state index contributed by atoms with van der Waals surface area (Å²) in [5.74, 6) is -2.53. The van der Waals surface area contributed by atoms with Gasteiger partial charge in [-0.2, -0.15) is 4.39 Å². The molecule has 2 nitrogen and oxygen atoms in total. The normalized spacial score (nSPS) is 9.87. The summed E-state index contributed by atoms with van der Waals surface area (Å²) in [5.41, 5.74) is 0. The van der Waals surface area contributed by atoms with Crippen LogP contribution in [0.5, 0.6) is 5.75 Å². The van der Waals surface area contributed by atoms with Crippen LogP contribution < -0.4 is 4.74 Å². The Morgan fingerprint density at radius 2 is 1.87 bits per heavy atom. The van der Waals surface area contributed by atoms with Crippen LogP contribution in [0.25, 0.3) is 0 Å². The third kappa shape index (κ3) is 3.19. The Balaban J connectivity index is 3.05. The molecular weight excluding hydrogens is 310 g/mol. The van der Waals surface area contributed by atoms with Gasteiger partial charge < -0.3 is 4.74 Å². The first-order valence-electron chi connectivity index (χ1n) is 3.63. The van der Waals surface area contributed by atoms with Gasteiger partial charge in [-0.05, 0) is 12.1 Å². The van der Waals surface area contributed by atoms with E-state index in [1.807, 2.05) is 0 Å². The summed E-state index contributed by atoms with van der Waals surface area (Å²) >= 11 is 14.6. The lowest BCUT2D eigenvalue weighted by Crippen LogP contribution is -2.08. The van der Waals surface area contributed by atoms with Crippen LogP contribution in [0.15, 0.2) is 29.0 Å². The molecule has 1 aromatic carbocycles. The maximum Gasteiger partial charge on any atom is 0.372 e. The molecule has 0 saturated carbocycles. The van der Waals surface area contributed by atoms with Crippen LogP contribution in [0.4, 0.5) is 4.39 Å². The van der Waals surface area contributed by atoms with E-state index in [1.165, 1.54) is 12.1 Å². The molecule has 0 aromatic heterocycles. The number of hydrogen-bond acceptors (Lipinski definition) is 2. The number of carbonyl (C=O) groups excluding carboxylic acids is 1. The molecule has 6 heteroatoms. The molecule has 0 fully saturated rings. The van der Waals surface area contributed by atoms with Crippen LogP contribution in [-0.4, -0.2) is 5.97 Å². The van der Waals surface area contributed by atoms with Gasteiger partial charge >= 0.3 is 5.97 Å². The predicted octanol–water partition coefficient (Wildman–Crippen LogP) is 4.14. The van der Waals surface area contributed by atoms with E-state index in [0.29, 0.717) is 4.47 Å². The molecule has 0 amide bonds. The summed E-state index contributed by atoms with van der Waals surface area (Å²) in [6.07, 6.45) is 0. The van der Waals surface area contributed by atoms with E-state index in [1.54, 1.807) is 0 Å². The fourth-order valence-corrected chi connectivity index (χ4v) is 2.06. The SMILES string of the molecule is C=C(F)C(=O)Oc1c(Cl)cc(Br)cc1Cl. The number of benzene rings is 1. The van der Waals surface area contributed by atoms with Gasteiger partial charge in [0.2, 0.25) is 5.83 Å². The van der Waals surface area contributed by atoms with Crippen molar-refractivity contribution in [3.8, 4) is 5.75 Å². The van der Waals surface area contributed by atoms with Crippen molar-refractivity contribution < 1.29 is 13.9 Å². The summed E-state index contributed by atoms with van der Waals surface area (Å²) < 4.78 is 17.6. The lowest BCUT2D eigenvalue weighted by molar-refractivity contribution is -0.131. The Labute approximate surface area is 104 Å². The third-order valence-electron chi connectivity index (χ3n) is 1.38. The van der Waals surface area contributed by atoms with Crippen molar-refractivity contribution in [2.75, 3.05) is 0 Å². The van der Waals surface area contributed by atoms with Crippen molar-refractivity contribution in [2.45, 2.75) is 0 Å². The summed E-state index contributed by atoms with van der Waals surface area (Å²) in [5, 5.41) is 0.202. The molecule has 15 heavy (non-hydrogen) atoms. The number of rotatable bonds is 2. The number of ether oxygens (including phenoxy) is 1. The first kappa shape index (κ1) is 12.5. The molecule has 0 spiro atoms. The molecule has 1 rings (SSSR count). The predicted molar refractivity (Wildman–Crippen MR) is 60.0 cm³/mol. The topological polar surface area (TPSA) is 26.3 Å². The molecule has 0 unspecified atom stereocenters. The second-order valence-electron chi connectivity index (χ2n) is 2.49. The fourth-order valence-electron chi connectivity index (χ4n) is 0.775. The number of halogens is 4. The largest absolute Gasteiger partial charge is 0.418 e.